The summed E-state index contributed by atoms with van der Waals surface area (Å²) in [5.74, 6) is 0. The number of fused-ring (bicyclic) bond motifs is 4. The maximum absolute atomic E-state index is 2.78. The SMILES string of the molecule is CCCCCC[Si](C)(C1C(C)=Cc2c(-c3ccc(C(C)(C)C)cc3)cccc21)C1C(C)=C(C)c2c1sc1ccccc21. The molecule has 0 saturated heterocycles. The summed E-state index contributed by atoms with van der Waals surface area (Å²) < 4.78 is 1.46. The second-order valence-electron chi connectivity index (χ2n) is 14.4. The highest BCUT2D eigenvalue weighted by atomic mass is 32.1. The van der Waals surface area contributed by atoms with Crippen molar-refractivity contribution in [2.24, 2.45) is 0 Å². The molecule has 1 heterocycles. The van der Waals surface area contributed by atoms with Crippen molar-refractivity contribution in [2.45, 2.75) is 103 Å². The van der Waals surface area contributed by atoms with Gasteiger partial charge >= 0.3 is 0 Å². The number of benzene rings is 3. The van der Waals surface area contributed by atoms with Gasteiger partial charge < -0.3 is 0 Å². The van der Waals surface area contributed by atoms with Crippen molar-refractivity contribution in [1.82, 2.24) is 0 Å². The fourth-order valence-corrected chi connectivity index (χ4v) is 16.5. The van der Waals surface area contributed by atoms with E-state index in [9.17, 15) is 0 Å². The first-order valence-electron chi connectivity index (χ1n) is 16.2. The van der Waals surface area contributed by atoms with E-state index < -0.39 is 8.07 Å². The van der Waals surface area contributed by atoms with Crippen molar-refractivity contribution in [2.75, 3.05) is 0 Å². The van der Waals surface area contributed by atoms with Gasteiger partial charge in [-0.05, 0) is 71.2 Å². The molecule has 0 spiro atoms. The molecule has 3 atom stereocenters. The maximum Gasteiger partial charge on any atom is 0.0762 e. The standard InChI is InChI=1S/C40H48SSi/c1-9-10-11-14-24-42(8,39-28(4)27(3)36-33-16-12-13-19-35(33)41-37(36)39)38-26(2)25-34-31(17-15-18-32(34)38)29-20-22-30(23-21-29)40(5,6)7/h12-13,15-23,25,38-39H,9-11,14,24H2,1-8H3. The van der Waals surface area contributed by atoms with Crippen LogP contribution in [0.5, 0.6) is 0 Å². The summed E-state index contributed by atoms with van der Waals surface area (Å²) in [7, 11) is -1.94. The molecule has 0 fully saturated rings. The third kappa shape index (κ3) is 4.79. The molecule has 6 rings (SSSR count). The normalized spacial score (nSPS) is 19.7. The van der Waals surface area contributed by atoms with Crippen LogP contribution in [0.15, 0.2) is 77.9 Å². The van der Waals surface area contributed by atoms with Crippen LogP contribution < -0.4 is 0 Å². The van der Waals surface area contributed by atoms with Crippen LogP contribution in [-0.2, 0) is 5.41 Å². The highest BCUT2D eigenvalue weighted by molar-refractivity contribution is 7.20. The van der Waals surface area contributed by atoms with Crippen molar-refractivity contribution in [1.29, 1.82) is 0 Å². The molecule has 0 radical (unpaired) electrons. The van der Waals surface area contributed by atoms with Crippen LogP contribution in [0.1, 0.15) is 112 Å². The molecule has 2 aliphatic rings. The molecule has 0 aliphatic heterocycles. The van der Waals surface area contributed by atoms with Crippen LogP contribution in [0, 0.1) is 0 Å². The van der Waals surface area contributed by atoms with E-state index in [1.54, 1.807) is 32.7 Å². The molecule has 0 bridgehead atoms. The van der Waals surface area contributed by atoms with E-state index >= 15 is 0 Å². The van der Waals surface area contributed by atoms with Crippen LogP contribution in [0.25, 0.3) is 32.9 Å². The average Bonchev–Trinajstić information content (AvgIpc) is 3.59. The quantitative estimate of drug-likeness (QED) is 0.142. The number of allylic oxidation sites excluding steroid dienone is 3. The molecule has 2 heteroatoms. The minimum atomic E-state index is -1.94. The van der Waals surface area contributed by atoms with Crippen molar-refractivity contribution in [3.05, 3.63) is 105 Å². The molecule has 3 unspecified atom stereocenters. The minimum Gasteiger partial charge on any atom is -0.139 e. The molecule has 0 amide bonds. The molecule has 42 heavy (non-hydrogen) atoms. The topological polar surface area (TPSA) is 0 Å². The molecular weight excluding hydrogens is 541 g/mol. The van der Waals surface area contributed by atoms with Crippen LogP contribution in [0.4, 0.5) is 0 Å². The predicted molar refractivity (Wildman–Crippen MR) is 190 cm³/mol. The zero-order valence-corrected chi connectivity index (χ0v) is 28.8. The molecular formula is C40H48SSi. The van der Waals surface area contributed by atoms with Gasteiger partial charge in [0.15, 0.2) is 0 Å². The Kier molecular flexibility index (Phi) is 7.77. The Labute approximate surface area is 259 Å². The summed E-state index contributed by atoms with van der Waals surface area (Å²) in [5.41, 5.74) is 14.9. The summed E-state index contributed by atoms with van der Waals surface area (Å²) >= 11 is 2.09. The van der Waals surface area contributed by atoms with Crippen molar-refractivity contribution >= 4 is 41.1 Å². The molecule has 0 N–H and O–H groups in total. The van der Waals surface area contributed by atoms with E-state index in [0.717, 1.165) is 0 Å². The van der Waals surface area contributed by atoms with Gasteiger partial charge in [0.1, 0.15) is 0 Å². The first-order chi connectivity index (χ1) is 20.1. The Morgan fingerprint density at radius 1 is 0.810 bits per heavy atom. The van der Waals surface area contributed by atoms with Gasteiger partial charge in [0.05, 0.1) is 8.07 Å². The third-order valence-corrected chi connectivity index (χ3v) is 17.5. The fraction of sp³-hybridized carbons (Fsp3) is 0.400. The molecule has 1 aromatic heterocycles. The summed E-state index contributed by atoms with van der Waals surface area (Å²) in [6.45, 7) is 19.3. The highest BCUT2D eigenvalue weighted by Crippen LogP contribution is 2.59. The Morgan fingerprint density at radius 3 is 2.26 bits per heavy atom. The van der Waals surface area contributed by atoms with E-state index in [1.807, 2.05) is 0 Å². The lowest BCUT2D eigenvalue weighted by Crippen LogP contribution is -2.45. The summed E-state index contributed by atoms with van der Waals surface area (Å²) in [4.78, 5) is 1.67. The van der Waals surface area contributed by atoms with Crippen molar-refractivity contribution in [3.63, 3.8) is 0 Å². The summed E-state index contributed by atoms with van der Waals surface area (Å²) in [6.07, 6.45) is 7.92. The van der Waals surface area contributed by atoms with E-state index in [4.69, 9.17) is 0 Å². The van der Waals surface area contributed by atoms with E-state index in [0.29, 0.717) is 11.1 Å². The second kappa shape index (κ2) is 11.1. The van der Waals surface area contributed by atoms with Crippen LogP contribution >= 0.6 is 11.3 Å². The number of unbranched alkanes of at least 4 members (excludes halogenated alkanes) is 3. The average molecular weight is 589 g/mol. The predicted octanol–water partition coefficient (Wildman–Crippen LogP) is 12.7. The molecule has 0 nitrogen and oxygen atoms in total. The van der Waals surface area contributed by atoms with E-state index in [-0.39, 0.29) is 5.41 Å². The largest absolute Gasteiger partial charge is 0.139 e. The van der Waals surface area contributed by atoms with Gasteiger partial charge in [-0.3, -0.25) is 0 Å². The van der Waals surface area contributed by atoms with Gasteiger partial charge in [0, 0.05) is 26.0 Å². The second-order valence-corrected chi connectivity index (χ2v) is 20.1. The van der Waals surface area contributed by atoms with Crippen molar-refractivity contribution in [3.8, 4) is 11.1 Å². The molecule has 3 aromatic carbocycles. The Morgan fingerprint density at radius 2 is 1.55 bits per heavy atom. The third-order valence-electron chi connectivity index (χ3n) is 10.5. The fourth-order valence-electron chi connectivity index (χ4n) is 8.28. The lowest BCUT2D eigenvalue weighted by Gasteiger charge is -2.42. The highest BCUT2D eigenvalue weighted by Gasteiger charge is 2.51. The lowest BCUT2D eigenvalue weighted by atomic mass is 9.86. The van der Waals surface area contributed by atoms with Gasteiger partial charge in [-0.25, -0.2) is 0 Å². The van der Waals surface area contributed by atoms with Gasteiger partial charge in [0.25, 0.3) is 0 Å². The molecule has 218 valence electrons. The van der Waals surface area contributed by atoms with Gasteiger partial charge in [-0.15, -0.1) is 11.3 Å². The molecule has 2 aliphatic carbocycles. The number of hydrogen-bond donors (Lipinski definition) is 0. The van der Waals surface area contributed by atoms with Gasteiger partial charge in [-0.2, -0.15) is 0 Å². The summed E-state index contributed by atoms with van der Waals surface area (Å²) in [6, 6.07) is 27.1. The number of rotatable bonds is 8. The smallest absolute Gasteiger partial charge is 0.0762 e. The Bertz CT molecular complexity index is 1690. The number of thiophene rings is 1. The molecule has 0 saturated carbocycles. The summed E-state index contributed by atoms with van der Waals surface area (Å²) in [5, 5.41) is 1.47. The monoisotopic (exact) mass is 588 g/mol. The number of hydrogen-bond acceptors (Lipinski definition) is 1. The first-order valence-corrected chi connectivity index (χ1v) is 19.8. The zero-order chi connectivity index (χ0) is 29.8. The van der Waals surface area contributed by atoms with Gasteiger partial charge in [-0.1, -0.05) is 144 Å². The van der Waals surface area contributed by atoms with Crippen LogP contribution in [0.3, 0.4) is 0 Å². The molecule has 4 aromatic rings. The van der Waals surface area contributed by atoms with Crippen LogP contribution in [-0.4, -0.2) is 8.07 Å². The first kappa shape index (κ1) is 29.4. The van der Waals surface area contributed by atoms with Crippen LogP contribution in [0.2, 0.25) is 12.6 Å². The maximum atomic E-state index is 2.78. The van der Waals surface area contributed by atoms with E-state index in [2.05, 4.69) is 139 Å². The van der Waals surface area contributed by atoms with E-state index in [1.165, 1.54) is 64.1 Å². The lowest BCUT2D eigenvalue weighted by molar-refractivity contribution is 0.590. The Hall–Kier alpha value is -2.68. The van der Waals surface area contributed by atoms with Gasteiger partial charge in [0.2, 0.25) is 0 Å². The van der Waals surface area contributed by atoms with Crippen molar-refractivity contribution < 1.29 is 0 Å². The zero-order valence-electron chi connectivity index (χ0n) is 27.0. The minimum absolute atomic E-state index is 0.167. The Balaban J connectivity index is 1.48.